The van der Waals surface area contributed by atoms with E-state index in [-0.39, 0.29) is 36.2 Å². The zero-order valence-corrected chi connectivity index (χ0v) is 31.3. The maximum atomic E-state index is 14.0. The Labute approximate surface area is 314 Å². The molecule has 0 saturated carbocycles. The summed E-state index contributed by atoms with van der Waals surface area (Å²) in [5.41, 5.74) is 0.684. The molecule has 4 aliphatic rings. The average Bonchev–Trinajstić information content (AvgIpc) is 3.31. The van der Waals surface area contributed by atoms with Crippen LogP contribution in [0.4, 0.5) is 33.2 Å². The number of hydrogen-bond acceptors (Lipinski definition) is 7. The van der Waals surface area contributed by atoms with Gasteiger partial charge in [0.15, 0.2) is 6.10 Å². The topological polar surface area (TPSA) is 115 Å². The Morgan fingerprint density at radius 1 is 0.778 bits per heavy atom. The number of alkyl halides is 3. The van der Waals surface area contributed by atoms with Crippen LogP contribution in [0.25, 0.3) is 0 Å². The summed E-state index contributed by atoms with van der Waals surface area (Å²) >= 11 is 0. The number of benzene rings is 2. The third-order valence-corrected chi connectivity index (χ3v) is 10.8. The van der Waals surface area contributed by atoms with Crippen molar-refractivity contribution in [2.24, 2.45) is 0 Å². The molecule has 3 saturated heterocycles. The molecule has 2 aromatic carbocycles. The van der Waals surface area contributed by atoms with E-state index in [1.807, 2.05) is 49.9 Å². The molecule has 0 bridgehead atoms. The number of anilines is 1. The molecule has 294 valence electrons. The predicted octanol–water partition coefficient (Wildman–Crippen LogP) is 5.85. The summed E-state index contributed by atoms with van der Waals surface area (Å²) in [6, 6.07) is 12.4. The molecule has 3 fully saturated rings. The molecule has 6 rings (SSSR count). The number of para-hydroxylation sites is 1. The summed E-state index contributed by atoms with van der Waals surface area (Å²) in [4.78, 5) is 62.2. The van der Waals surface area contributed by atoms with Crippen LogP contribution in [0.15, 0.2) is 48.5 Å². The van der Waals surface area contributed by atoms with Crippen LogP contribution in [0, 0.1) is 0 Å². The zero-order chi connectivity index (χ0) is 38.6. The van der Waals surface area contributed by atoms with Gasteiger partial charge in [-0.15, -0.1) is 0 Å². The lowest BCUT2D eigenvalue weighted by atomic mass is 10.0. The van der Waals surface area contributed by atoms with Gasteiger partial charge in [0.25, 0.3) is 5.91 Å². The van der Waals surface area contributed by atoms with Crippen LogP contribution in [-0.2, 0) is 33.3 Å². The lowest BCUT2D eigenvalue weighted by molar-refractivity contribution is -0.143. The lowest BCUT2D eigenvalue weighted by Crippen LogP contribution is -2.57. The molecular formula is C39H51F3N6O6. The summed E-state index contributed by atoms with van der Waals surface area (Å²) in [5, 5.41) is 2.99. The second-order valence-corrected chi connectivity index (χ2v) is 15.6. The van der Waals surface area contributed by atoms with E-state index < -0.39 is 35.4 Å². The average molecular weight is 757 g/mol. The van der Waals surface area contributed by atoms with Gasteiger partial charge in [-0.05, 0) is 76.1 Å². The van der Waals surface area contributed by atoms with Crippen molar-refractivity contribution in [3.63, 3.8) is 0 Å². The molecule has 4 aliphatic heterocycles. The number of rotatable bonds is 6. The van der Waals surface area contributed by atoms with E-state index >= 15 is 0 Å². The van der Waals surface area contributed by atoms with Crippen LogP contribution in [0.5, 0.6) is 0 Å². The Hall–Kier alpha value is -4.53. The Kier molecular flexibility index (Phi) is 11.9. The second-order valence-electron chi connectivity index (χ2n) is 15.6. The first-order valence-corrected chi connectivity index (χ1v) is 18.9. The number of fused-ring (bicyclic) bond motifs is 1. The van der Waals surface area contributed by atoms with E-state index in [4.69, 9.17) is 9.47 Å². The van der Waals surface area contributed by atoms with Crippen molar-refractivity contribution in [2.45, 2.75) is 89.3 Å². The van der Waals surface area contributed by atoms with E-state index in [0.29, 0.717) is 78.2 Å². The molecular weight excluding hydrogens is 705 g/mol. The number of likely N-dealkylation sites (tertiary alicyclic amines) is 2. The van der Waals surface area contributed by atoms with Crippen LogP contribution in [0.2, 0.25) is 0 Å². The van der Waals surface area contributed by atoms with E-state index in [0.717, 1.165) is 36.2 Å². The van der Waals surface area contributed by atoms with Crippen LogP contribution < -0.4 is 5.32 Å². The molecule has 0 radical (unpaired) electrons. The minimum Gasteiger partial charge on any atom is -0.444 e. The fourth-order valence-electron chi connectivity index (χ4n) is 7.81. The van der Waals surface area contributed by atoms with E-state index in [9.17, 15) is 32.3 Å². The predicted molar refractivity (Wildman–Crippen MR) is 195 cm³/mol. The standard InChI is InChI=1S/C39H51F3N6O6/c1-38(2,3)54-37(52)47-16-12-30(13-17-47)44-21-23-45(24-22-44)34(49)33(26-27-7-6-9-29(25-27)39(40,41)42)53-36(51)46-18-14-31(15-19-46)48-20-11-28-8-4-5-10-32(28)43-35(48)50/h4-10,25,30-31,33H,11-24,26H2,1-3H3,(H,43,50). The number of amides is 5. The minimum atomic E-state index is -4.57. The molecule has 5 amide bonds. The van der Waals surface area contributed by atoms with Gasteiger partial charge in [0, 0.05) is 83.1 Å². The summed E-state index contributed by atoms with van der Waals surface area (Å²) in [7, 11) is 0. The number of ether oxygens (including phenoxy) is 2. The molecule has 0 spiro atoms. The van der Waals surface area contributed by atoms with Gasteiger partial charge in [0.2, 0.25) is 0 Å². The Morgan fingerprint density at radius 2 is 1.41 bits per heavy atom. The van der Waals surface area contributed by atoms with Gasteiger partial charge in [0.05, 0.1) is 5.56 Å². The number of urea groups is 1. The highest BCUT2D eigenvalue weighted by Gasteiger charge is 2.38. The maximum Gasteiger partial charge on any atom is 0.416 e. The van der Waals surface area contributed by atoms with Crippen LogP contribution in [0.3, 0.4) is 0 Å². The van der Waals surface area contributed by atoms with Crippen LogP contribution in [-0.4, -0.2) is 131 Å². The highest BCUT2D eigenvalue weighted by Crippen LogP contribution is 2.31. The van der Waals surface area contributed by atoms with Gasteiger partial charge in [-0.2, -0.15) is 13.2 Å². The molecule has 1 atom stereocenters. The number of carbonyl (C=O) groups excluding carboxylic acids is 4. The SMILES string of the molecule is CC(C)(C)OC(=O)N1CCC(N2CCN(C(=O)C(Cc3cccc(C(F)(F)F)c3)OC(=O)N3CCC(N4CCc5ccccc5NC4=O)CC3)CC2)CC1. The molecule has 1 N–H and O–H groups in total. The van der Waals surface area contributed by atoms with Gasteiger partial charge >= 0.3 is 24.4 Å². The third kappa shape index (κ3) is 9.76. The van der Waals surface area contributed by atoms with Crippen molar-refractivity contribution >= 4 is 29.8 Å². The van der Waals surface area contributed by atoms with Crippen LogP contribution >= 0.6 is 0 Å². The number of nitrogens with one attached hydrogen (secondary N) is 1. The largest absolute Gasteiger partial charge is 0.444 e. The summed E-state index contributed by atoms with van der Waals surface area (Å²) < 4.78 is 52.1. The van der Waals surface area contributed by atoms with Crippen molar-refractivity contribution in [1.82, 2.24) is 24.5 Å². The molecule has 1 unspecified atom stereocenters. The first kappa shape index (κ1) is 39.2. The molecule has 0 aromatic heterocycles. The Morgan fingerprint density at radius 3 is 2.06 bits per heavy atom. The molecule has 4 heterocycles. The zero-order valence-electron chi connectivity index (χ0n) is 31.3. The number of piperazine rings is 1. The number of hydrogen-bond donors (Lipinski definition) is 1. The van der Waals surface area contributed by atoms with Crippen LogP contribution in [0.1, 0.15) is 63.1 Å². The summed E-state index contributed by atoms with van der Waals surface area (Å²) in [6.07, 6.45) is -3.83. The van der Waals surface area contributed by atoms with Crippen molar-refractivity contribution in [3.8, 4) is 0 Å². The van der Waals surface area contributed by atoms with Gasteiger partial charge in [-0.3, -0.25) is 9.69 Å². The Balaban J connectivity index is 1.06. The van der Waals surface area contributed by atoms with Gasteiger partial charge < -0.3 is 34.4 Å². The second kappa shape index (κ2) is 16.5. The normalized spacial score (nSPS) is 20.1. The third-order valence-electron chi connectivity index (χ3n) is 10.8. The number of halogens is 3. The molecule has 54 heavy (non-hydrogen) atoms. The van der Waals surface area contributed by atoms with Crippen molar-refractivity contribution in [2.75, 3.05) is 64.2 Å². The van der Waals surface area contributed by atoms with Crippen molar-refractivity contribution < 1.29 is 41.8 Å². The first-order chi connectivity index (χ1) is 25.6. The number of carbonyl (C=O) groups is 4. The molecule has 12 nitrogen and oxygen atoms in total. The van der Waals surface area contributed by atoms with E-state index in [2.05, 4.69) is 10.2 Å². The van der Waals surface area contributed by atoms with Gasteiger partial charge in [0.1, 0.15) is 5.60 Å². The molecule has 15 heteroatoms. The smallest absolute Gasteiger partial charge is 0.416 e. The van der Waals surface area contributed by atoms with E-state index in [1.165, 1.54) is 17.0 Å². The molecule has 2 aromatic rings. The number of piperidine rings is 2. The van der Waals surface area contributed by atoms with Crippen molar-refractivity contribution in [1.29, 1.82) is 0 Å². The first-order valence-electron chi connectivity index (χ1n) is 18.9. The fourth-order valence-corrected chi connectivity index (χ4v) is 7.81. The number of nitrogens with zero attached hydrogens (tertiary/aromatic N) is 5. The van der Waals surface area contributed by atoms with Crippen molar-refractivity contribution in [3.05, 3.63) is 65.2 Å². The van der Waals surface area contributed by atoms with Gasteiger partial charge in [-0.25, -0.2) is 14.4 Å². The quantitative estimate of drug-likeness (QED) is 0.394. The highest BCUT2D eigenvalue weighted by molar-refractivity contribution is 5.91. The fraction of sp³-hybridized carbons (Fsp3) is 0.590. The molecule has 0 aliphatic carbocycles. The summed E-state index contributed by atoms with van der Waals surface area (Å²) in [6.45, 7) is 9.71. The highest BCUT2D eigenvalue weighted by atomic mass is 19.4. The minimum absolute atomic E-state index is 0.0910. The van der Waals surface area contributed by atoms with E-state index in [1.54, 1.807) is 9.80 Å². The Bertz CT molecular complexity index is 1660. The lowest BCUT2D eigenvalue weighted by Gasteiger charge is -2.43. The monoisotopic (exact) mass is 756 g/mol. The van der Waals surface area contributed by atoms with Gasteiger partial charge in [-0.1, -0.05) is 36.4 Å². The maximum absolute atomic E-state index is 14.0. The summed E-state index contributed by atoms with van der Waals surface area (Å²) in [5.74, 6) is -0.448.